The molecule has 0 bridgehead atoms. The van der Waals surface area contributed by atoms with Crippen LogP contribution in [0.1, 0.15) is 53.4 Å². The average molecular weight is 241 g/mol. The van der Waals surface area contributed by atoms with Crippen LogP contribution in [0.25, 0.3) is 0 Å². The molecule has 0 amide bonds. The first-order valence-corrected chi connectivity index (χ1v) is 7.47. The Morgan fingerprint density at radius 1 is 1.29 bits per heavy atom. The molecule has 1 fully saturated rings. The van der Waals surface area contributed by atoms with Crippen molar-refractivity contribution in [2.24, 2.45) is 17.8 Å². The minimum atomic E-state index is 0.489. The van der Waals surface area contributed by atoms with Crippen molar-refractivity contribution in [2.45, 2.75) is 59.5 Å². The molecule has 2 heteroatoms. The molecule has 0 radical (unpaired) electrons. The van der Waals surface area contributed by atoms with Gasteiger partial charge >= 0.3 is 0 Å². The summed E-state index contributed by atoms with van der Waals surface area (Å²) in [4.78, 5) is 0. The number of ether oxygens (including phenoxy) is 1. The van der Waals surface area contributed by atoms with Crippen LogP contribution in [0.5, 0.6) is 0 Å². The Bertz CT molecular complexity index is 193. The van der Waals surface area contributed by atoms with Crippen molar-refractivity contribution in [2.75, 3.05) is 19.7 Å². The van der Waals surface area contributed by atoms with Gasteiger partial charge in [-0.15, -0.1) is 0 Å². The Labute approximate surface area is 108 Å². The number of hydrogen-bond donors (Lipinski definition) is 1. The minimum absolute atomic E-state index is 0.489. The number of nitrogens with one attached hydrogen (secondary N) is 1. The molecular formula is C15H31NO. The molecular weight excluding hydrogens is 210 g/mol. The third-order valence-electron chi connectivity index (χ3n) is 3.76. The Morgan fingerprint density at radius 3 is 2.71 bits per heavy atom. The lowest BCUT2D eigenvalue weighted by atomic mass is 9.84. The highest BCUT2D eigenvalue weighted by Gasteiger charge is 2.29. The van der Waals surface area contributed by atoms with Gasteiger partial charge in [-0.1, -0.05) is 34.1 Å². The Morgan fingerprint density at radius 2 is 2.06 bits per heavy atom. The molecule has 0 aliphatic carbocycles. The maximum Gasteiger partial charge on any atom is 0.0640 e. The third kappa shape index (κ3) is 5.39. The average Bonchev–Trinajstić information content (AvgIpc) is 2.29. The van der Waals surface area contributed by atoms with E-state index in [-0.39, 0.29) is 0 Å². The fraction of sp³-hybridized carbons (Fsp3) is 1.00. The molecule has 17 heavy (non-hydrogen) atoms. The smallest absolute Gasteiger partial charge is 0.0640 e. The van der Waals surface area contributed by atoms with Crippen molar-refractivity contribution in [1.82, 2.24) is 5.32 Å². The van der Waals surface area contributed by atoms with Crippen LogP contribution in [0.15, 0.2) is 0 Å². The van der Waals surface area contributed by atoms with E-state index >= 15 is 0 Å². The zero-order chi connectivity index (χ0) is 12.7. The summed E-state index contributed by atoms with van der Waals surface area (Å²) in [6, 6.07) is 0. The minimum Gasteiger partial charge on any atom is -0.378 e. The van der Waals surface area contributed by atoms with Crippen molar-refractivity contribution in [1.29, 1.82) is 0 Å². The first-order chi connectivity index (χ1) is 8.15. The highest BCUT2D eigenvalue weighted by molar-refractivity contribution is 4.80. The predicted octanol–water partition coefficient (Wildman–Crippen LogP) is 3.46. The Balaban J connectivity index is 2.36. The van der Waals surface area contributed by atoms with E-state index in [9.17, 15) is 0 Å². The summed E-state index contributed by atoms with van der Waals surface area (Å²) in [6.07, 6.45) is 5.63. The fourth-order valence-electron chi connectivity index (χ4n) is 2.89. The van der Waals surface area contributed by atoms with E-state index in [0.29, 0.717) is 12.0 Å². The molecule has 1 aliphatic rings. The van der Waals surface area contributed by atoms with E-state index in [1.807, 2.05) is 0 Å². The Kier molecular flexibility index (Phi) is 7.14. The van der Waals surface area contributed by atoms with E-state index in [1.54, 1.807) is 0 Å². The van der Waals surface area contributed by atoms with Gasteiger partial charge in [0.25, 0.3) is 0 Å². The van der Waals surface area contributed by atoms with E-state index in [4.69, 9.17) is 4.74 Å². The van der Waals surface area contributed by atoms with Gasteiger partial charge in [-0.3, -0.25) is 0 Å². The maximum atomic E-state index is 6.02. The molecule has 102 valence electrons. The molecule has 1 rings (SSSR count). The quantitative estimate of drug-likeness (QED) is 0.737. The second kappa shape index (κ2) is 8.10. The van der Waals surface area contributed by atoms with E-state index in [0.717, 1.165) is 31.5 Å². The highest BCUT2D eigenvalue weighted by Crippen LogP contribution is 2.28. The number of hydrogen-bond acceptors (Lipinski definition) is 2. The van der Waals surface area contributed by atoms with Crippen LogP contribution in [0.4, 0.5) is 0 Å². The molecule has 2 nitrogen and oxygen atoms in total. The molecule has 1 saturated heterocycles. The van der Waals surface area contributed by atoms with Crippen molar-refractivity contribution >= 4 is 0 Å². The van der Waals surface area contributed by atoms with Crippen LogP contribution in [0.2, 0.25) is 0 Å². The summed E-state index contributed by atoms with van der Waals surface area (Å²) < 4.78 is 6.02. The largest absolute Gasteiger partial charge is 0.378 e. The lowest BCUT2D eigenvalue weighted by molar-refractivity contribution is -0.0576. The van der Waals surface area contributed by atoms with Gasteiger partial charge in [0.15, 0.2) is 0 Å². The fourth-order valence-corrected chi connectivity index (χ4v) is 2.89. The van der Waals surface area contributed by atoms with E-state index in [2.05, 4.69) is 33.0 Å². The van der Waals surface area contributed by atoms with Gasteiger partial charge in [0.05, 0.1) is 6.10 Å². The summed E-state index contributed by atoms with van der Waals surface area (Å²) in [5.41, 5.74) is 0. The van der Waals surface area contributed by atoms with Crippen LogP contribution < -0.4 is 5.32 Å². The third-order valence-corrected chi connectivity index (χ3v) is 3.76. The SMILES string of the molecule is CCCC(C)C1OCCCC1CNCC(C)C. The number of rotatable bonds is 7. The lowest BCUT2D eigenvalue weighted by Crippen LogP contribution is -2.41. The van der Waals surface area contributed by atoms with Crippen LogP contribution in [0.3, 0.4) is 0 Å². The van der Waals surface area contributed by atoms with Gasteiger partial charge in [0, 0.05) is 13.2 Å². The van der Waals surface area contributed by atoms with Crippen LogP contribution in [0, 0.1) is 17.8 Å². The highest BCUT2D eigenvalue weighted by atomic mass is 16.5. The molecule has 3 atom stereocenters. The zero-order valence-corrected chi connectivity index (χ0v) is 12.2. The molecule has 0 aromatic carbocycles. The van der Waals surface area contributed by atoms with Gasteiger partial charge in [0.1, 0.15) is 0 Å². The molecule has 3 unspecified atom stereocenters. The predicted molar refractivity (Wildman–Crippen MR) is 74.2 cm³/mol. The first kappa shape index (κ1) is 15.0. The standard InChI is InChI=1S/C15H31NO/c1-5-7-13(4)15-14(8-6-9-17-15)11-16-10-12(2)3/h12-16H,5-11H2,1-4H3. The van der Waals surface area contributed by atoms with Crippen molar-refractivity contribution in [3.8, 4) is 0 Å². The molecule has 1 heterocycles. The van der Waals surface area contributed by atoms with Gasteiger partial charge < -0.3 is 10.1 Å². The summed E-state index contributed by atoms with van der Waals surface area (Å²) in [5.74, 6) is 2.18. The van der Waals surface area contributed by atoms with Crippen LogP contribution in [-0.2, 0) is 4.74 Å². The molecule has 1 aliphatic heterocycles. The maximum absolute atomic E-state index is 6.02. The Hall–Kier alpha value is -0.0800. The van der Waals surface area contributed by atoms with Gasteiger partial charge in [-0.2, -0.15) is 0 Å². The molecule has 0 spiro atoms. The molecule has 1 N–H and O–H groups in total. The normalized spacial score (nSPS) is 27.4. The van der Waals surface area contributed by atoms with Crippen molar-refractivity contribution in [3.05, 3.63) is 0 Å². The van der Waals surface area contributed by atoms with Crippen molar-refractivity contribution < 1.29 is 4.74 Å². The topological polar surface area (TPSA) is 21.3 Å². The zero-order valence-electron chi connectivity index (χ0n) is 12.2. The second-order valence-electron chi connectivity index (χ2n) is 6.06. The van der Waals surface area contributed by atoms with Gasteiger partial charge in [-0.05, 0) is 43.6 Å². The van der Waals surface area contributed by atoms with Crippen LogP contribution >= 0.6 is 0 Å². The van der Waals surface area contributed by atoms with Gasteiger partial charge in [0.2, 0.25) is 0 Å². The summed E-state index contributed by atoms with van der Waals surface area (Å²) in [5, 5.41) is 3.60. The van der Waals surface area contributed by atoms with Gasteiger partial charge in [-0.25, -0.2) is 0 Å². The molecule has 0 aromatic rings. The molecule has 0 saturated carbocycles. The monoisotopic (exact) mass is 241 g/mol. The van der Waals surface area contributed by atoms with Crippen molar-refractivity contribution in [3.63, 3.8) is 0 Å². The van der Waals surface area contributed by atoms with E-state index < -0.39 is 0 Å². The second-order valence-corrected chi connectivity index (χ2v) is 6.06. The van der Waals surface area contributed by atoms with Crippen LogP contribution in [-0.4, -0.2) is 25.8 Å². The summed E-state index contributed by atoms with van der Waals surface area (Å²) in [7, 11) is 0. The lowest BCUT2D eigenvalue weighted by Gasteiger charge is -2.36. The van der Waals surface area contributed by atoms with E-state index in [1.165, 1.54) is 25.7 Å². The summed E-state index contributed by atoms with van der Waals surface area (Å²) >= 11 is 0. The summed E-state index contributed by atoms with van der Waals surface area (Å²) in [6.45, 7) is 12.4. The first-order valence-electron chi connectivity index (χ1n) is 7.47. The molecule has 0 aromatic heterocycles.